The predicted molar refractivity (Wildman–Crippen MR) is 81.6 cm³/mol. The first kappa shape index (κ1) is 13.3. The monoisotopic (exact) mass is 305 g/mol. The van der Waals surface area contributed by atoms with Crippen LogP contribution in [-0.4, -0.2) is 14.5 Å². The van der Waals surface area contributed by atoms with Gasteiger partial charge in [-0.1, -0.05) is 18.5 Å². The Morgan fingerprint density at radius 3 is 3.00 bits per heavy atom. The molecule has 0 atom stereocenters. The minimum Gasteiger partial charge on any atom is -0.293 e. The second-order valence-corrected chi connectivity index (χ2v) is 5.80. The van der Waals surface area contributed by atoms with Crippen molar-refractivity contribution in [3.8, 4) is 0 Å². The molecule has 6 heteroatoms. The molecule has 1 aromatic carbocycles. The van der Waals surface area contributed by atoms with Gasteiger partial charge in [-0.2, -0.15) is 0 Å². The number of hydrogen-bond donors (Lipinski definition) is 0. The van der Waals surface area contributed by atoms with E-state index in [0.717, 1.165) is 17.1 Å². The molecule has 4 nitrogen and oxygen atoms in total. The summed E-state index contributed by atoms with van der Waals surface area (Å²) in [5.74, 6) is 0. The zero-order valence-electron chi connectivity index (χ0n) is 10.8. The van der Waals surface area contributed by atoms with Crippen molar-refractivity contribution in [2.24, 2.45) is 0 Å². The summed E-state index contributed by atoms with van der Waals surface area (Å²) in [5, 5.41) is 4.21. The number of aryl methyl sites for hydroxylation is 1. The second-order valence-electron chi connectivity index (χ2n) is 4.43. The maximum atomic E-state index is 12.4. The number of hydrogen-bond acceptors (Lipinski definition) is 4. The zero-order chi connectivity index (χ0) is 14.1. The lowest BCUT2D eigenvalue weighted by molar-refractivity contribution is 0.731. The highest BCUT2D eigenvalue weighted by molar-refractivity contribution is 7.09. The third-order valence-corrected chi connectivity index (χ3v) is 4.30. The Morgan fingerprint density at radius 2 is 2.25 bits per heavy atom. The lowest BCUT2D eigenvalue weighted by Gasteiger charge is -2.04. The minimum absolute atomic E-state index is 0.0716. The molecule has 102 valence electrons. The third kappa shape index (κ3) is 2.46. The van der Waals surface area contributed by atoms with E-state index in [2.05, 4.69) is 16.9 Å². The van der Waals surface area contributed by atoms with E-state index >= 15 is 0 Å². The molecule has 0 amide bonds. The Morgan fingerprint density at radius 1 is 1.40 bits per heavy atom. The predicted octanol–water partition coefficient (Wildman–Crippen LogP) is 3.12. The maximum Gasteiger partial charge on any atom is 0.261 e. The van der Waals surface area contributed by atoms with E-state index in [-0.39, 0.29) is 5.56 Å². The van der Waals surface area contributed by atoms with E-state index in [4.69, 9.17) is 11.6 Å². The van der Waals surface area contributed by atoms with Gasteiger partial charge in [0.1, 0.15) is 0 Å². The molecular weight excluding hydrogens is 294 g/mol. The Kier molecular flexibility index (Phi) is 3.54. The van der Waals surface area contributed by atoms with Crippen LogP contribution in [0.3, 0.4) is 0 Å². The lowest BCUT2D eigenvalue weighted by Crippen LogP contribution is -2.21. The van der Waals surface area contributed by atoms with Crippen LogP contribution in [0.4, 0.5) is 0 Å². The zero-order valence-corrected chi connectivity index (χ0v) is 12.4. The standard InChI is InChI=1S/C14H12ClN3OS/c1-2-13-17-10(7-20-13)6-18-8-16-12-5-9(15)3-4-11(12)14(18)19/h3-5,7-8H,2,6H2,1H3. The molecule has 3 aromatic rings. The van der Waals surface area contributed by atoms with Gasteiger partial charge >= 0.3 is 0 Å². The number of benzene rings is 1. The van der Waals surface area contributed by atoms with Gasteiger partial charge in [-0.3, -0.25) is 9.36 Å². The van der Waals surface area contributed by atoms with E-state index in [1.807, 2.05) is 5.38 Å². The van der Waals surface area contributed by atoms with E-state index < -0.39 is 0 Å². The normalized spacial score (nSPS) is 11.1. The van der Waals surface area contributed by atoms with Crippen LogP contribution in [0.15, 0.2) is 34.7 Å². The Hall–Kier alpha value is -1.72. The van der Waals surface area contributed by atoms with Crippen LogP contribution < -0.4 is 5.56 Å². The van der Waals surface area contributed by atoms with Gasteiger partial charge in [0.25, 0.3) is 5.56 Å². The summed E-state index contributed by atoms with van der Waals surface area (Å²) >= 11 is 7.52. The number of rotatable bonds is 3. The average Bonchev–Trinajstić information content (AvgIpc) is 2.89. The van der Waals surface area contributed by atoms with E-state index in [0.29, 0.717) is 22.5 Å². The highest BCUT2D eigenvalue weighted by atomic mass is 35.5. The van der Waals surface area contributed by atoms with Crippen molar-refractivity contribution in [2.45, 2.75) is 19.9 Å². The summed E-state index contributed by atoms with van der Waals surface area (Å²) in [5.41, 5.74) is 1.44. The van der Waals surface area contributed by atoms with Crippen molar-refractivity contribution in [3.05, 3.63) is 56.0 Å². The van der Waals surface area contributed by atoms with Crippen molar-refractivity contribution in [2.75, 3.05) is 0 Å². The van der Waals surface area contributed by atoms with Crippen molar-refractivity contribution in [3.63, 3.8) is 0 Å². The lowest BCUT2D eigenvalue weighted by atomic mass is 10.2. The third-order valence-electron chi connectivity index (χ3n) is 3.02. The molecule has 2 aromatic heterocycles. The number of thiazole rings is 1. The van der Waals surface area contributed by atoms with Gasteiger partial charge in [0.2, 0.25) is 0 Å². The fourth-order valence-corrected chi connectivity index (χ4v) is 2.90. The summed E-state index contributed by atoms with van der Waals surface area (Å²) in [6.07, 6.45) is 2.46. The topological polar surface area (TPSA) is 47.8 Å². The molecule has 0 saturated carbocycles. The molecule has 0 saturated heterocycles. The molecule has 0 bridgehead atoms. The molecule has 0 unspecified atom stereocenters. The van der Waals surface area contributed by atoms with Crippen LogP contribution in [0.2, 0.25) is 5.02 Å². The highest BCUT2D eigenvalue weighted by Gasteiger charge is 2.07. The van der Waals surface area contributed by atoms with Gasteiger partial charge in [-0.05, 0) is 24.6 Å². The number of halogens is 1. The number of aromatic nitrogens is 3. The first-order valence-corrected chi connectivity index (χ1v) is 7.51. The highest BCUT2D eigenvalue weighted by Crippen LogP contribution is 2.15. The molecular formula is C14H12ClN3OS. The van der Waals surface area contributed by atoms with Crippen LogP contribution in [0, 0.1) is 0 Å². The van der Waals surface area contributed by atoms with Crippen molar-refractivity contribution in [1.82, 2.24) is 14.5 Å². The Balaban J connectivity index is 2.02. The van der Waals surface area contributed by atoms with Crippen LogP contribution in [0.25, 0.3) is 10.9 Å². The van der Waals surface area contributed by atoms with E-state index in [1.165, 1.54) is 0 Å². The van der Waals surface area contributed by atoms with Gasteiger partial charge in [-0.25, -0.2) is 9.97 Å². The van der Waals surface area contributed by atoms with E-state index in [9.17, 15) is 4.79 Å². The van der Waals surface area contributed by atoms with Crippen molar-refractivity contribution < 1.29 is 0 Å². The summed E-state index contributed by atoms with van der Waals surface area (Å²) < 4.78 is 1.57. The quantitative estimate of drug-likeness (QED) is 0.747. The smallest absolute Gasteiger partial charge is 0.261 e. The van der Waals surface area contributed by atoms with Gasteiger partial charge < -0.3 is 0 Å². The number of nitrogens with zero attached hydrogens (tertiary/aromatic N) is 3. The molecule has 0 spiro atoms. The summed E-state index contributed by atoms with van der Waals surface area (Å²) in [6, 6.07) is 5.11. The SMILES string of the molecule is CCc1nc(Cn2cnc3cc(Cl)ccc3c2=O)cs1. The molecule has 2 heterocycles. The molecule has 0 aliphatic carbocycles. The Bertz CT molecular complexity index is 825. The summed E-state index contributed by atoms with van der Waals surface area (Å²) in [6.45, 7) is 2.51. The molecule has 0 radical (unpaired) electrons. The summed E-state index contributed by atoms with van der Waals surface area (Å²) in [7, 11) is 0. The fourth-order valence-electron chi connectivity index (χ4n) is 2.00. The molecule has 20 heavy (non-hydrogen) atoms. The average molecular weight is 306 g/mol. The Labute approximate surface area is 124 Å². The molecule has 0 aliphatic heterocycles. The van der Waals surface area contributed by atoms with Gasteiger partial charge in [-0.15, -0.1) is 11.3 Å². The molecule has 0 aliphatic rings. The second kappa shape index (κ2) is 5.34. The van der Waals surface area contributed by atoms with Crippen molar-refractivity contribution in [1.29, 1.82) is 0 Å². The molecule has 0 fully saturated rings. The van der Waals surface area contributed by atoms with Crippen LogP contribution in [-0.2, 0) is 13.0 Å². The fraction of sp³-hybridized carbons (Fsp3) is 0.214. The van der Waals surface area contributed by atoms with Crippen LogP contribution in [0.1, 0.15) is 17.6 Å². The van der Waals surface area contributed by atoms with Gasteiger partial charge in [0.05, 0.1) is 34.5 Å². The molecule has 3 rings (SSSR count). The minimum atomic E-state index is -0.0716. The maximum absolute atomic E-state index is 12.4. The van der Waals surface area contributed by atoms with Crippen molar-refractivity contribution >= 4 is 33.8 Å². The summed E-state index contributed by atoms with van der Waals surface area (Å²) in [4.78, 5) is 21.1. The number of fused-ring (bicyclic) bond motifs is 1. The first-order chi connectivity index (χ1) is 9.67. The first-order valence-electron chi connectivity index (χ1n) is 6.25. The van der Waals surface area contributed by atoms with Gasteiger partial charge in [0, 0.05) is 10.4 Å². The molecule has 0 N–H and O–H groups in total. The van der Waals surface area contributed by atoms with Crippen LogP contribution in [0.5, 0.6) is 0 Å². The van der Waals surface area contributed by atoms with Gasteiger partial charge in [0.15, 0.2) is 0 Å². The van der Waals surface area contributed by atoms with E-state index in [1.54, 1.807) is 40.4 Å². The largest absolute Gasteiger partial charge is 0.293 e. The van der Waals surface area contributed by atoms with Crippen LogP contribution >= 0.6 is 22.9 Å².